The molecule has 2 aromatic rings. The summed E-state index contributed by atoms with van der Waals surface area (Å²) >= 11 is 0. The van der Waals surface area contributed by atoms with Gasteiger partial charge in [0, 0.05) is 12.4 Å². The topological polar surface area (TPSA) is 73.7 Å². The average molecular weight is 286 g/mol. The van der Waals surface area contributed by atoms with E-state index in [2.05, 4.69) is 4.98 Å². The van der Waals surface area contributed by atoms with Crippen LogP contribution in [-0.4, -0.2) is 51.3 Å². The van der Waals surface area contributed by atoms with Crippen LogP contribution in [0.3, 0.4) is 0 Å². The molecule has 1 heterocycles. The summed E-state index contributed by atoms with van der Waals surface area (Å²) in [4.78, 5) is 18.4. The van der Waals surface area contributed by atoms with Crippen LogP contribution in [0, 0.1) is 0 Å². The molecule has 21 heavy (non-hydrogen) atoms. The number of carbonyl (C=O) groups is 1. The van der Waals surface area contributed by atoms with Gasteiger partial charge in [0.25, 0.3) is 5.91 Å². The molecule has 0 saturated heterocycles. The molecule has 1 aromatic heterocycles. The molecule has 0 radical (unpaired) electrons. The van der Waals surface area contributed by atoms with Crippen LogP contribution in [0.1, 0.15) is 23.3 Å². The van der Waals surface area contributed by atoms with E-state index in [9.17, 15) is 15.0 Å². The normalized spacial score (nSPS) is 25.2. The first-order valence-electron chi connectivity index (χ1n) is 7.07. The van der Waals surface area contributed by atoms with Gasteiger partial charge in [0.2, 0.25) is 0 Å². The highest BCUT2D eigenvalue weighted by atomic mass is 16.3. The summed E-state index contributed by atoms with van der Waals surface area (Å²) < 4.78 is 0. The maximum atomic E-state index is 12.5. The van der Waals surface area contributed by atoms with E-state index >= 15 is 0 Å². The second kappa shape index (κ2) is 5.42. The third kappa shape index (κ3) is 2.50. The number of hydrogen-bond acceptors (Lipinski definition) is 4. The lowest BCUT2D eigenvalue weighted by Crippen LogP contribution is -2.44. The van der Waals surface area contributed by atoms with Crippen LogP contribution in [0.4, 0.5) is 0 Å². The van der Waals surface area contributed by atoms with E-state index < -0.39 is 12.2 Å². The van der Waals surface area contributed by atoms with E-state index in [1.807, 2.05) is 30.3 Å². The Morgan fingerprint density at radius 2 is 1.95 bits per heavy atom. The Hall–Kier alpha value is -1.98. The van der Waals surface area contributed by atoms with Gasteiger partial charge in [-0.1, -0.05) is 24.3 Å². The number of aromatic nitrogens is 1. The van der Waals surface area contributed by atoms with Crippen molar-refractivity contribution in [2.45, 2.75) is 31.1 Å². The molecular weight excluding hydrogens is 268 g/mol. The van der Waals surface area contributed by atoms with Crippen molar-refractivity contribution in [2.24, 2.45) is 0 Å². The highest BCUT2D eigenvalue weighted by Crippen LogP contribution is 2.25. The number of para-hydroxylation sites is 1. The second-order valence-corrected chi connectivity index (χ2v) is 5.51. The Morgan fingerprint density at radius 3 is 2.67 bits per heavy atom. The van der Waals surface area contributed by atoms with Crippen molar-refractivity contribution >= 4 is 16.8 Å². The summed E-state index contributed by atoms with van der Waals surface area (Å²) in [6, 6.07) is 10.8. The Balaban J connectivity index is 1.86. The standard InChI is InChI=1S/C16H18N2O3/c1-18(13-8-9-14(19)15(13)20)16(21)12-7-6-10-4-2-3-5-11(10)17-12/h2-7,13-15,19-20H,8-9H2,1H3/t13-,14-,15-/m1/s1. The van der Waals surface area contributed by atoms with E-state index in [0.717, 1.165) is 10.9 Å². The fourth-order valence-corrected chi connectivity index (χ4v) is 2.88. The molecule has 110 valence electrons. The smallest absolute Gasteiger partial charge is 0.272 e. The van der Waals surface area contributed by atoms with Crippen molar-refractivity contribution in [1.29, 1.82) is 0 Å². The van der Waals surface area contributed by atoms with Gasteiger partial charge in [-0.2, -0.15) is 0 Å². The lowest BCUT2D eigenvalue weighted by Gasteiger charge is -2.27. The van der Waals surface area contributed by atoms with Gasteiger partial charge in [-0.25, -0.2) is 4.98 Å². The SMILES string of the molecule is CN(C(=O)c1ccc2ccccc2n1)[C@@H]1CC[C@@H](O)[C@@H]1O. The lowest BCUT2D eigenvalue weighted by atomic mass is 10.1. The average Bonchev–Trinajstić information content (AvgIpc) is 2.85. The van der Waals surface area contributed by atoms with E-state index in [0.29, 0.717) is 18.5 Å². The third-order valence-corrected chi connectivity index (χ3v) is 4.18. The molecule has 1 amide bonds. The van der Waals surface area contributed by atoms with Gasteiger partial charge >= 0.3 is 0 Å². The molecule has 0 bridgehead atoms. The van der Waals surface area contributed by atoms with Gasteiger partial charge in [-0.15, -0.1) is 0 Å². The first kappa shape index (κ1) is 14.0. The van der Waals surface area contributed by atoms with Gasteiger partial charge in [-0.05, 0) is 25.0 Å². The van der Waals surface area contributed by atoms with Crippen molar-refractivity contribution in [2.75, 3.05) is 7.05 Å². The van der Waals surface area contributed by atoms with Crippen LogP contribution in [0.25, 0.3) is 10.9 Å². The van der Waals surface area contributed by atoms with Crippen LogP contribution < -0.4 is 0 Å². The first-order valence-corrected chi connectivity index (χ1v) is 7.07. The number of hydrogen-bond donors (Lipinski definition) is 2. The Bertz CT molecular complexity index is 673. The molecule has 1 aliphatic rings. The molecule has 1 aliphatic carbocycles. The number of rotatable bonds is 2. The quantitative estimate of drug-likeness (QED) is 0.870. The highest BCUT2D eigenvalue weighted by molar-refractivity contribution is 5.95. The van der Waals surface area contributed by atoms with E-state index in [1.165, 1.54) is 4.90 Å². The predicted molar refractivity (Wildman–Crippen MR) is 78.9 cm³/mol. The molecule has 0 spiro atoms. The fraction of sp³-hybridized carbons (Fsp3) is 0.375. The van der Waals surface area contributed by atoms with E-state index in [1.54, 1.807) is 13.1 Å². The van der Waals surface area contributed by atoms with Gasteiger partial charge in [0.1, 0.15) is 11.8 Å². The maximum Gasteiger partial charge on any atom is 0.272 e. The molecule has 2 N–H and O–H groups in total. The van der Waals surface area contributed by atoms with E-state index in [-0.39, 0.29) is 11.9 Å². The minimum absolute atomic E-state index is 0.237. The zero-order chi connectivity index (χ0) is 15.0. The molecule has 1 aromatic carbocycles. The summed E-state index contributed by atoms with van der Waals surface area (Å²) in [7, 11) is 1.64. The summed E-state index contributed by atoms with van der Waals surface area (Å²) in [6.45, 7) is 0. The largest absolute Gasteiger partial charge is 0.390 e. The number of likely N-dealkylation sites (N-methyl/N-ethyl adjacent to an activating group) is 1. The van der Waals surface area contributed by atoms with Crippen LogP contribution in [0.2, 0.25) is 0 Å². The minimum atomic E-state index is -0.889. The molecule has 1 saturated carbocycles. The summed E-state index contributed by atoms with van der Waals surface area (Å²) in [5, 5.41) is 20.5. The first-order chi connectivity index (χ1) is 10.1. The van der Waals surface area contributed by atoms with Gasteiger partial charge in [0.05, 0.1) is 17.7 Å². The molecule has 3 rings (SSSR count). The second-order valence-electron chi connectivity index (χ2n) is 5.51. The Kier molecular flexibility index (Phi) is 3.61. The Morgan fingerprint density at radius 1 is 1.19 bits per heavy atom. The number of carbonyl (C=O) groups excluding carboxylic acids is 1. The summed E-state index contributed by atoms with van der Waals surface area (Å²) in [6.07, 6.45) is -0.540. The van der Waals surface area contributed by atoms with Gasteiger partial charge < -0.3 is 15.1 Å². The molecule has 3 atom stereocenters. The van der Waals surface area contributed by atoms with E-state index in [4.69, 9.17) is 0 Å². The zero-order valence-corrected chi connectivity index (χ0v) is 11.8. The number of aliphatic hydroxyl groups is 2. The van der Waals surface area contributed by atoms with Crippen LogP contribution in [0.5, 0.6) is 0 Å². The van der Waals surface area contributed by atoms with Crippen molar-refractivity contribution in [3.63, 3.8) is 0 Å². The van der Waals surface area contributed by atoms with Crippen molar-refractivity contribution in [3.05, 3.63) is 42.1 Å². The summed E-state index contributed by atoms with van der Waals surface area (Å²) in [5.41, 5.74) is 1.12. The van der Waals surface area contributed by atoms with Crippen LogP contribution in [-0.2, 0) is 0 Å². The maximum absolute atomic E-state index is 12.5. The van der Waals surface area contributed by atoms with Gasteiger partial charge in [0.15, 0.2) is 0 Å². The van der Waals surface area contributed by atoms with Crippen molar-refractivity contribution in [3.8, 4) is 0 Å². The number of benzene rings is 1. The molecule has 1 fully saturated rings. The lowest BCUT2D eigenvalue weighted by molar-refractivity contribution is 0.00643. The number of fused-ring (bicyclic) bond motifs is 1. The van der Waals surface area contributed by atoms with Crippen LogP contribution in [0.15, 0.2) is 36.4 Å². The van der Waals surface area contributed by atoms with Crippen LogP contribution >= 0.6 is 0 Å². The van der Waals surface area contributed by atoms with Gasteiger partial charge in [-0.3, -0.25) is 4.79 Å². The number of pyridine rings is 1. The number of aliphatic hydroxyl groups excluding tert-OH is 2. The Labute approximate surface area is 122 Å². The minimum Gasteiger partial charge on any atom is -0.390 e. The molecule has 0 aliphatic heterocycles. The molecule has 0 unspecified atom stereocenters. The zero-order valence-electron chi connectivity index (χ0n) is 11.8. The predicted octanol–water partition coefficient (Wildman–Crippen LogP) is 1.19. The van der Waals surface area contributed by atoms with Crippen molar-refractivity contribution in [1.82, 2.24) is 9.88 Å². The number of nitrogens with zero attached hydrogens (tertiary/aromatic N) is 2. The summed E-state index contributed by atoms with van der Waals surface area (Å²) in [5.74, 6) is -0.237. The number of amides is 1. The molecule has 5 nitrogen and oxygen atoms in total. The molecular formula is C16H18N2O3. The third-order valence-electron chi connectivity index (χ3n) is 4.18. The monoisotopic (exact) mass is 286 g/mol. The highest BCUT2D eigenvalue weighted by Gasteiger charge is 2.38. The molecule has 5 heteroatoms. The van der Waals surface area contributed by atoms with Crippen molar-refractivity contribution < 1.29 is 15.0 Å². The fourth-order valence-electron chi connectivity index (χ4n) is 2.88.